The van der Waals surface area contributed by atoms with E-state index in [-0.39, 0.29) is 30.6 Å². The largest absolute Gasteiger partial charge is 0.326 e. The minimum atomic E-state index is -0.609. The van der Waals surface area contributed by atoms with Gasteiger partial charge >= 0.3 is 0 Å². The summed E-state index contributed by atoms with van der Waals surface area (Å²) in [5.74, 6) is -0.898. The fraction of sp³-hybridized carbons (Fsp3) is 0.167. The molecule has 32 heavy (non-hydrogen) atoms. The van der Waals surface area contributed by atoms with E-state index in [0.29, 0.717) is 10.9 Å². The molecule has 162 valence electrons. The van der Waals surface area contributed by atoms with Gasteiger partial charge in [0.2, 0.25) is 11.8 Å². The lowest BCUT2D eigenvalue weighted by Gasteiger charge is -2.16. The van der Waals surface area contributed by atoms with Crippen LogP contribution in [0.2, 0.25) is 0 Å². The van der Waals surface area contributed by atoms with Crippen LogP contribution in [0.25, 0.3) is 0 Å². The van der Waals surface area contributed by atoms with Crippen molar-refractivity contribution in [3.63, 3.8) is 0 Å². The molecule has 1 atom stereocenters. The summed E-state index contributed by atoms with van der Waals surface area (Å²) < 4.78 is 13.1. The molecule has 1 aliphatic rings. The Labute approximate surface area is 189 Å². The number of carbonyl (C=O) groups is 2. The molecule has 1 saturated heterocycles. The molecule has 2 aromatic carbocycles. The molecular weight excluding hydrogens is 427 g/mol. The van der Waals surface area contributed by atoms with Gasteiger partial charge in [0.15, 0.2) is 5.17 Å². The molecule has 8 heteroatoms. The lowest BCUT2D eigenvalue weighted by molar-refractivity contribution is -0.128. The second-order valence-electron chi connectivity index (χ2n) is 7.34. The van der Waals surface area contributed by atoms with Crippen LogP contribution in [-0.2, 0) is 16.1 Å². The molecule has 2 amide bonds. The summed E-state index contributed by atoms with van der Waals surface area (Å²) in [4.78, 5) is 36.3. The molecule has 2 heterocycles. The maximum atomic E-state index is 13.2. The average molecular weight is 449 g/mol. The second kappa shape index (κ2) is 9.74. The number of amides is 2. The third-order valence-electron chi connectivity index (χ3n) is 4.79. The number of aromatic nitrogens is 1. The standard InChI is InChI=1S/C24H21FN4O2S/c1-16-5-4-7-19(13-16)28-24-29(15-20-6-2-3-12-26-20)23(31)21(32-24)14-22(30)27-18-10-8-17(25)9-11-18/h2-13,21H,14-15H2,1H3,(H,27,30). The van der Waals surface area contributed by atoms with Crippen LogP contribution >= 0.6 is 11.8 Å². The van der Waals surface area contributed by atoms with Crippen molar-refractivity contribution >= 4 is 40.1 Å². The van der Waals surface area contributed by atoms with Crippen LogP contribution in [0.3, 0.4) is 0 Å². The highest BCUT2D eigenvalue weighted by molar-refractivity contribution is 8.15. The van der Waals surface area contributed by atoms with Gasteiger partial charge in [-0.1, -0.05) is 30.0 Å². The van der Waals surface area contributed by atoms with E-state index in [1.807, 2.05) is 49.4 Å². The molecule has 0 spiro atoms. The number of hydrogen-bond acceptors (Lipinski definition) is 5. The Bertz CT molecular complexity index is 1150. The number of hydrogen-bond donors (Lipinski definition) is 1. The fourth-order valence-corrected chi connectivity index (χ4v) is 4.40. The molecule has 0 bridgehead atoms. The number of aliphatic imine (C=N–C) groups is 1. The van der Waals surface area contributed by atoms with Crippen LogP contribution in [0.1, 0.15) is 17.7 Å². The summed E-state index contributed by atoms with van der Waals surface area (Å²) in [6.07, 6.45) is 1.65. The van der Waals surface area contributed by atoms with Gasteiger partial charge in [-0.2, -0.15) is 0 Å². The van der Waals surface area contributed by atoms with Gasteiger partial charge < -0.3 is 5.32 Å². The van der Waals surface area contributed by atoms with Crippen molar-refractivity contribution < 1.29 is 14.0 Å². The van der Waals surface area contributed by atoms with Crippen molar-refractivity contribution in [1.82, 2.24) is 9.88 Å². The van der Waals surface area contributed by atoms with Gasteiger partial charge in [-0.3, -0.25) is 19.5 Å². The zero-order valence-electron chi connectivity index (χ0n) is 17.4. The van der Waals surface area contributed by atoms with E-state index in [0.717, 1.165) is 16.9 Å². The first-order valence-corrected chi connectivity index (χ1v) is 10.9. The number of pyridine rings is 1. The minimum Gasteiger partial charge on any atom is -0.326 e. The molecule has 3 aromatic rings. The molecule has 0 saturated carbocycles. The number of aryl methyl sites for hydroxylation is 1. The highest BCUT2D eigenvalue weighted by Gasteiger charge is 2.39. The summed E-state index contributed by atoms with van der Waals surface area (Å²) in [6, 6.07) is 18.7. The predicted octanol–water partition coefficient (Wildman–Crippen LogP) is 4.69. The number of rotatable bonds is 6. The van der Waals surface area contributed by atoms with Crippen molar-refractivity contribution in [3.8, 4) is 0 Å². The smallest absolute Gasteiger partial charge is 0.243 e. The number of anilines is 1. The molecule has 1 aliphatic heterocycles. The Morgan fingerprint density at radius 2 is 1.97 bits per heavy atom. The lowest BCUT2D eigenvalue weighted by Crippen LogP contribution is -2.33. The third-order valence-corrected chi connectivity index (χ3v) is 5.97. The second-order valence-corrected chi connectivity index (χ2v) is 8.51. The molecule has 1 fully saturated rings. The van der Waals surface area contributed by atoms with Crippen LogP contribution in [0, 0.1) is 12.7 Å². The normalized spacial score (nSPS) is 17.1. The van der Waals surface area contributed by atoms with Crippen molar-refractivity contribution in [2.75, 3.05) is 5.32 Å². The summed E-state index contributed by atoms with van der Waals surface area (Å²) in [5.41, 5.74) is 3.01. The van der Waals surface area contributed by atoms with Crippen LogP contribution < -0.4 is 5.32 Å². The molecular formula is C24H21FN4O2S. The molecule has 1 aromatic heterocycles. The van der Waals surface area contributed by atoms with Crippen LogP contribution in [0.15, 0.2) is 77.9 Å². The zero-order chi connectivity index (χ0) is 22.5. The van der Waals surface area contributed by atoms with Gasteiger partial charge in [-0.15, -0.1) is 0 Å². The first-order chi connectivity index (χ1) is 15.5. The van der Waals surface area contributed by atoms with Crippen molar-refractivity contribution in [1.29, 1.82) is 0 Å². The highest BCUT2D eigenvalue weighted by atomic mass is 32.2. The Balaban J connectivity index is 1.54. The number of halogens is 1. The van der Waals surface area contributed by atoms with Gasteiger partial charge in [-0.05, 0) is 61.0 Å². The van der Waals surface area contributed by atoms with Crippen molar-refractivity contribution in [2.24, 2.45) is 4.99 Å². The number of thioether (sulfide) groups is 1. The van der Waals surface area contributed by atoms with E-state index in [4.69, 9.17) is 0 Å². The summed E-state index contributed by atoms with van der Waals surface area (Å²) in [6.45, 7) is 2.25. The molecule has 0 aliphatic carbocycles. The summed E-state index contributed by atoms with van der Waals surface area (Å²) >= 11 is 1.27. The van der Waals surface area contributed by atoms with E-state index >= 15 is 0 Å². The quantitative estimate of drug-likeness (QED) is 0.594. The summed E-state index contributed by atoms with van der Waals surface area (Å²) in [5, 5.41) is 2.64. The van der Waals surface area contributed by atoms with E-state index in [1.165, 1.54) is 36.0 Å². The third kappa shape index (κ3) is 5.39. The number of amidine groups is 1. The van der Waals surface area contributed by atoms with Gasteiger partial charge in [0.05, 0.1) is 17.9 Å². The Kier molecular flexibility index (Phi) is 6.61. The predicted molar refractivity (Wildman–Crippen MR) is 124 cm³/mol. The van der Waals surface area contributed by atoms with E-state index in [9.17, 15) is 14.0 Å². The van der Waals surface area contributed by atoms with Crippen molar-refractivity contribution in [2.45, 2.75) is 25.1 Å². The number of benzene rings is 2. The van der Waals surface area contributed by atoms with Crippen LogP contribution in [0.4, 0.5) is 15.8 Å². The van der Waals surface area contributed by atoms with Crippen LogP contribution in [0.5, 0.6) is 0 Å². The molecule has 0 radical (unpaired) electrons. The maximum absolute atomic E-state index is 13.2. The first kappa shape index (κ1) is 21.7. The topological polar surface area (TPSA) is 74.7 Å². The van der Waals surface area contributed by atoms with E-state index in [1.54, 1.807) is 11.1 Å². The van der Waals surface area contributed by atoms with E-state index < -0.39 is 5.25 Å². The van der Waals surface area contributed by atoms with E-state index in [2.05, 4.69) is 15.3 Å². The lowest BCUT2D eigenvalue weighted by atomic mass is 10.2. The van der Waals surface area contributed by atoms with Gasteiger partial charge in [-0.25, -0.2) is 9.38 Å². The Hall–Kier alpha value is -3.52. The molecule has 6 nitrogen and oxygen atoms in total. The maximum Gasteiger partial charge on any atom is 0.243 e. The summed E-state index contributed by atoms with van der Waals surface area (Å²) in [7, 11) is 0. The highest BCUT2D eigenvalue weighted by Crippen LogP contribution is 2.33. The number of nitrogens with zero attached hydrogens (tertiary/aromatic N) is 3. The fourth-order valence-electron chi connectivity index (χ4n) is 3.25. The number of carbonyl (C=O) groups excluding carboxylic acids is 2. The minimum absolute atomic E-state index is 0.0214. The Morgan fingerprint density at radius 1 is 1.16 bits per heavy atom. The Morgan fingerprint density at radius 3 is 2.69 bits per heavy atom. The monoisotopic (exact) mass is 448 g/mol. The number of nitrogens with one attached hydrogen (secondary N) is 1. The van der Waals surface area contributed by atoms with Gasteiger partial charge in [0, 0.05) is 18.3 Å². The van der Waals surface area contributed by atoms with Gasteiger partial charge in [0.1, 0.15) is 11.1 Å². The zero-order valence-corrected chi connectivity index (χ0v) is 18.2. The molecule has 1 unspecified atom stereocenters. The SMILES string of the molecule is Cc1cccc(N=C2SC(CC(=O)Nc3ccc(F)cc3)C(=O)N2Cc2ccccn2)c1. The molecule has 1 N–H and O–H groups in total. The average Bonchev–Trinajstić information content (AvgIpc) is 3.05. The first-order valence-electron chi connectivity index (χ1n) is 10.1. The molecule has 4 rings (SSSR count). The van der Waals surface area contributed by atoms with Crippen LogP contribution in [-0.4, -0.2) is 32.1 Å². The van der Waals surface area contributed by atoms with Gasteiger partial charge in [0.25, 0.3) is 0 Å². The van der Waals surface area contributed by atoms with Crippen molar-refractivity contribution in [3.05, 3.63) is 90.0 Å².